The normalized spacial score (nSPS) is 13.3. The van der Waals surface area contributed by atoms with Crippen molar-refractivity contribution < 1.29 is 4.39 Å². The van der Waals surface area contributed by atoms with Crippen LogP contribution >= 0.6 is 11.6 Å². The number of benzene rings is 1. The van der Waals surface area contributed by atoms with Crippen molar-refractivity contribution in [2.45, 2.75) is 19.9 Å². The van der Waals surface area contributed by atoms with Gasteiger partial charge in [-0.2, -0.15) is 0 Å². The predicted octanol–water partition coefficient (Wildman–Crippen LogP) is 2.64. The van der Waals surface area contributed by atoms with Crippen molar-refractivity contribution in [1.82, 2.24) is 5.43 Å². The maximum Gasteiger partial charge on any atom is 0.123 e. The van der Waals surface area contributed by atoms with Crippen LogP contribution in [0.15, 0.2) is 18.2 Å². The summed E-state index contributed by atoms with van der Waals surface area (Å²) >= 11 is 5.95. The number of nitrogens with one attached hydrogen (secondary N) is 1. The molecule has 0 radical (unpaired) electrons. The summed E-state index contributed by atoms with van der Waals surface area (Å²) in [4.78, 5) is 0. The fourth-order valence-corrected chi connectivity index (χ4v) is 1.63. The van der Waals surface area contributed by atoms with Gasteiger partial charge in [0.05, 0.1) is 0 Å². The van der Waals surface area contributed by atoms with E-state index in [0.717, 1.165) is 0 Å². The van der Waals surface area contributed by atoms with Gasteiger partial charge < -0.3 is 0 Å². The number of rotatable bonds is 3. The van der Waals surface area contributed by atoms with Crippen molar-refractivity contribution in [2.24, 2.45) is 11.8 Å². The molecule has 0 fully saturated rings. The minimum absolute atomic E-state index is 0.127. The maximum absolute atomic E-state index is 13.0. The van der Waals surface area contributed by atoms with Gasteiger partial charge in [-0.3, -0.25) is 11.3 Å². The van der Waals surface area contributed by atoms with Crippen LogP contribution in [0.25, 0.3) is 0 Å². The van der Waals surface area contributed by atoms with Crippen molar-refractivity contribution in [3.8, 4) is 0 Å². The molecule has 1 unspecified atom stereocenters. The highest BCUT2D eigenvalue weighted by molar-refractivity contribution is 6.31. The predicted molar refractivity (Wildman–Crippen MR) is 56.3 cm³/mol. The molecule has 0 saturated carbocycles. The molecule has 0 aliphatic heterocycles. The Hall–Kier alpha value is -0.640. The first-order valence-electron chi connectivity index (χ1n) is 4.47. The first kappa shape index (κ1) is 11.4. The Morgan fingerprint density at radius 1 is 1.43 bits per heavy atom. The number of nitrogens with two attached hydrogens (primary N) is 1. The van der Waals surface area contributed by atoms with Crippen LogP contribution in [-0.4, -0.2) is 0 Å². The number of hydrogen-bond acceptors (Lipinski definition) is 2. The van der Waals surface area contributed by atoms with Gasteiger partial charge in [-0.25, -0.2) is 4.39 Å². The van der Waals surface area contributed by atoms with Crippen molar-refractivity contribution in [3.63, 3.8) is 0 Å². The third-order valence-electron chi connectivity index (χ3n) is 2.14. The van der Waals surface area contributed by atoms with Gasteiger partial charge in [0, 0.05) is 11.1 Å². The molecule has 78 valence electrons. The zero-order valence-electron chi connectivity index (χ0n) is 8.22. The number of halogens is 2. The highest BCUT2D eigenvalue weighted by Gasteiger charge is 2.17. The van der Waals surface area contributed by atoms with Gasteiger partial charge >= 0.3 is 0 Å². The van der Waals surface area contributed by atoms with Crippen LogP contribution in [0, 0.1) is 11.7 Å². The van der Waals surface area contributed by atoms with Crippen LogP contribution in [0.3, 0.4) is 0 Å². The molecule has 1 aromatic carbocycles. The van der Waals surface area contributed by atoms with E-state index in [-0.39, 0.29) is 17.8 Å². The van der Waals surface area contributed by atoms with Crippen molar-refractivity contribution in [3.05, 3.63) is 34.6 Å². The summed E-state index contributed by atoms with van der Waals surface area (Å²) in [6, 6.07) is 4.16. The molecule has 0 aromatic heterocycles. The standard InChI is InChI=1S/C10H14ClFN2/c1-6(2)10(14-13)8-5-7(12)3-4-9(8)11/h3-6,10,14H,13H2,1-2H3. The van der Waals surface area contributed by atoms with E-state index in [0.29, 0.717) is 10.6 Å². The Kier molecular flexibility index (Phi) is 3.86. The van der Waals surface area contributed by atoms with Crippen LogP contribution in [-0.2, 0) is 0 Å². The lowest BCUT2D eigenvalue weighted by atomic mass is 9.96. The van der Waals surface area contributed by atoms with Gasteiger partial charge in [0.2, 0.25) is 0 Å². The summed E-state index contributed by atoms with van der Waals surface area (Å²) < 4.78 is 13.0. The monoisotopic (exact) mass is 216 g/mol. The third-order valence-corrected chi connectivity index (χ3v) is 2.48. The molecular formula is C10H14ClFN2. The Balaban J connectivity index is 3.08. The molecule has 1 aromatic rings. The van der Waals surface area contributed by atoms with Crippen LogP contribution in [0.1, 0.15) is 25.5 Å². The molecule has 0 heterocycles. The Morgan fingerprint density at radius 3 is 2.57 bits per heavy atom. The average Bonchev–Trinajstić information content (AvgIpc) is 2.11. The fraction of sp³-hybridized carbons (Fsp3) is 0.400. The molecule has 14 heavy (non-hydrogen) atoms. The molecule has 0 bridgehead atoms. The minimum atomic E-state index is -0.301. The lowest BCUT2D eigenvalue weighted by molar-refractivity contribution is 0.419. The second-order valence-electron chi connectivity index (χ2n) is 3.55. The molecule has 0 saturated heterocycles. The van der Waals surface area contributed by atoms with Crippen molar-refractivity contribution in [1.29, 1.82) is 0 Å². The van der Waals surface area contributed by atoms with Crippen LogP contribution in [0.5, 0.6) is 0 Å². The Labute approximate surface area is 88.2 Å². The van der Waals surface area contributed by atoms with Crippen molar-refractivity contribution in [2.75, 3.05) is 0 Å². The Bertz CT molecular complexity index is 315. The molecule has 3 N–H and O–H groups in total. The lowest BCUT2D eigenvalue weighted by Crippen LogP contribution is -2.31. The second kappa shape index (κ2) is 4.73. The van der Waals surface area contributed by atoms with E-state index in [1.54, 1.807) is 6.07 Å². The molecule has 1 atom stereocenters. The summed E-state index contributed by atoms with van der Waals surface area (Å²) in [7, 11) is 0. The molecule has 0 aliphatic rings. The SMILES string of the molecule is CC(C)C(NN)c1cc(F)ccc1Cl. The summed E-state index contributed by atoms with van der Waals surface area (Å²) in [5.74, 6) is 5.34. The quantitative estimate of drug-likeness (QED) is 0.602. The molecule has 4 heteroatoms. The topological polar surface area (TPSA) is 38.0 Å². The zero-order chi connectivity index (χ0) is 10.7. The van der Waals surface area contributed by atoms with Gasteiger partial charge in [0.15, 0.2) is 0 Å². The molecule has 0 spiro atoms. The lowest BCUT2D eigenvalue weighted by Gasteiger charge is -2.21. The summed E-state index contributed by atoms with van der Waals surface area (Å²) in [6.45, 7) is 3.98. The summed E-state index contributed by atoms with van der Waals surface area (Å²) in [5, 5.41) is 0.531. The number of hydrogen-bond donors (Lipinski definition) is 2. The van der Waals surface area contributed by atoms with E-state index in [2.05, 4.69) is 5.43 Å². The minimum Gasteiger partial charge on any atom is -0.271 e. The fourth-order valence-electron chi connectivity index (χ4n) is 1.39. The smallest absolute Gasteiger partial charge is 0.123 e. The Morgan fingerprint density at radius 2 is 2.07 bits per heavy atom. The first-order valence-corrected chi connectivity index (χ1v) is 4.85. The van der Waals surface area contributed by atoms with Crippen LogP contribution < -0.4 is 11.3 Å². The summed E-state index contributed by atoms with van der Waals surface area (Å²) in [5.41, 5.74) is 3.33. The van der Waals surface area contributed by atoms with E-state index >= 15 is 0 Å². The van der Waals surface area contributed by atoms with Crippen molar-refractivity contribution >= 4 is 11.6 Å². The zero-order valence-corrected chi connectivity index (χ0v) is 8.98. The highest BCUT2D eigenvalue weighted by atomic mass is 35.5. The largest absolute Gasteiger partial charge is 0.271 e. The van der Waals surface area contributed by atoms with Crippen LogP contribution in [0.2, 0.25) is 5.02 Å². The highest BCUT2D eigenvalue weighted by Crippen LogP contribution is 2.28. The van der Waals surface area contributed by atoms with E-state index < -0.39 is 0 Å². The first-order chi connectivity index (χ1) is 6.56. The van der Waals surface area contributed by atoms with Crippen LogP contribution in [0.4, 0.5) is 4.39 Å². The maximum atomic E-state index is 13.0. The third kappa shape index (κ3) is 2.44. The van der Waals surface area contributed by atoms with E-state index in [9.17, 15) is 4.39 Å². The van der Waals surface area contributed by atoms with Gasteiger partial charge in [-0.1, -0.05) is 25.4 Å². The van der Waals surface area contributed by atoms with Gasteiger partial charge in [0.25, 0.3) is 0 Å². The van der Waals surface area contributed by atoms with E-state index in [1.165, 1.54) is 12.1 Å². The molecule has 1 rings (SSSR count). The van der Waals surface area contributed by atoms with E-state index in [1.807, 2.05) is 13.8 Å². The van der Waals surface area contributed by atoms with Gasteiger partial charge in [-0.05, 0) is 29.7 Å². The second-order valence-corrected chi connectivity index (χ2v) is 3.96. The molecule has 2 nitrogen and oxygen atoms in total. The number of hydrazine groups is 1. The molecule has 0 amide bonds. The molecule has 0 aliphatic carbocycles. The van der Waals surface area contributed by atoms with Gasteiger partial charge in [-0.15, -0.1) is 0 Å². The molecular weight excluding hydrogens is 203 g/mol. The summed E-state index contributed by atoms with van der Waals surface area (Å²) in [6.07, 6.45) is 0. The average molecular weight is 217 g/mol. The van der Waals surface area contributed by atoms with Gasteiger partial charge in [0.1, 0.15) is 5.82 Å². The van der Waals surface area contributed by atoms with E-state index in [4.69, 9.17) is 17.4 Å².